The van der Waals surface area contributed by atoms with E-state index in [9.17, 15) is 8.42 Å². The van der Waals surface area contributed by atoms with Crippen LogP contribution in [0.3, 0.4) is 0 Å². The van der Waals surface area contributed by atoms with Crippen LogP contribution in [0, 0.1) is 0 Å². The van der Waals surface area contributed by atoms with Gasteiger partial charge in [0.25, 0.3) is 0 Å². The second-order valence-electron chi connectivity index (χ2n) is 5.12. The Bertz CT molecular complexity index is 676. The summed E-state index contributed by atoms with van der Waals surface area (Å²) in [5.41, 5.74) is 2.30. The number of fused-ring (bicyclic) bond motifs is 1. The number of aromatic nitrogens is 1. The number of aromatic amines is 1. The summed E-state index contributed by atoms with van der Waals surface area (Å²) in [7, 11) is -2.84. The van der Waals surface area contributed by atoms with E-state index in [0.29, 0.717) is 18.8 Å². The third kappa shape index (κ3) is 2.53. The van der Waals surface area contributed by atoms with E-state index in [1.807, 2.05) is 24.4 Å². The van der Waals surface area contributed by atoms with Gasteiger partial charge in [-0.1, -0.05) is 18.2 Å². The molecule has 5 heteroatoms. The van der Waals surface area contributed by atoms with E-state index in [1.165, 1.54) is 10.9 Å². The van der Waals surface area contributed by atoms with Gasteiger partial charge in [-0.25, -0.2) is 8.42 Å². The van der Waals surface area contributed by atoms with Gasteiger partial charge in [-0.2, -0.15) is 0 Å². The fourth-order valence-corrected chi connectivity index (χ4v) is 4.53. The summed E-state index contributed by atoms with van der Waals surface area (Å²) >= 11 is 0. The maximum absolute atomic E-state index is 11.7. The number of hydrogen-bond donors (Lipinski definition) is 2. The minimum atomic E-state index is -2.84. The lowest BCUT2D eigenvalue weighted by atomic mass is 10.2. The quantitative estimate of drug-likeness (QED) is 0.897. The molecule has 4 nitrogen and oxygen atoms in total. The number of nitrogens with one attached hydrogen (secondary N) is 2. The molecule has 0 aliphatic carbocycles. The van der Waals surface area contributed by atoms with Crippen molar-refractivity contribution in [2.45, 2.75) is 24.6 Å². The van der Waals surface area contributed by atoms with E-state index in [1.54, 1.807) is 0 Å². The average molecular weight is 278 g/mol. The highest BCUT2D eigenvalue weighted by molar-refractivity contribution is 7.92. The zero-order valence-electron chi connectivity index (χ0n) is 10.7. The van der Waals surface area contributed by atoms with Crippen LogP contribution in [-0.4, -0.2) is 30.9 Å². The van der Waals surface area contributed by atoms with Crippen LogP contribution in [0.5, 0.6) is 0 Å². The van der Waals surface area contributed by atoms with Crippen LogP contribution >= 0.6 is 0 Å². The Kier molecular flexibility index (Phi) is 3.33. The van der Waals surface area contributed by atoms with Crippen molar-refractivity contribution in [3.8, 4) is 0 Å². The zero-order chi connectivity index (χ0) is 13.3. The Hall–Kier alpha value is -1.33. The first-order chi connectivity index (χ1) is 9.17. The molecule has 2 heterocycles. The van der Waals surface area contributed by atoms with Crippen LogP contribution in [0.1, 0.15) is 18.4 Å². The van der Waals surface area contributed by atoms with Gasteiger partial charge >= 0.3 is 0 Å². The number of rotatable bonds is 4. The van der Waals surface area contributed by atoms with Gasteiger partial charge in [0.15, 0.2) is 9.84 Å². The standard InChI is InChI=1S/C14H18N2O2S/c17-19(18)7-3-4-12(19)10-15-8-11-9-16-14-6-2-1-5-13(11)14/h1-2,5-6,9,12,15-16H,3-4,7-8,10H2. The van der Waals surface area contributed by atoms with Gasteiger partial charge in [0.05, 0.1) is 11.0 Å². The Labute approximate surface area is 113 Å². The molecule has 0 radical (unpaired) electrons. The van der Waals surface area contributed by atoms with Crippen molar-refractivity contribution in [1.82, 2.24) is 10.3 Å². The topological polar surface area (TPSA) is 62.0 Å². The first-order valence-electron chi connectivity index (χ1n) is 6.64. The monoisotopic (exact) mass is 278 g/mol. The normalized spacial score (nSPS) is 22.0. The summed E-state index contributed by atoms with van der Waals surface area (Å²) in [5, 5.41) is 4.28. The fraction of sp³-hybridized carbons (Fsp3) is 0.429. The third-order valence-electron chi connectivity index (χ3n) is 3.83. The molecule has 1 aliphatic heterocycles. The molecule has 1 unspecified atom stereocenters. The maximum Gasteiger partial charge on any atom is 0.154 e. The van der Waals surface area contributed by atoms with Crippen molar-refractivity contribution in [3.05, 3.63) is 36.0 Å². The summed E-state index contributed by atoms with van der Waals surface area (Å²) in [5.74, 6) is 0.354. The smallest absolute Gasteiger partial charge is 0.154 e. The van der Waals surface area contributed by atoms with Crippen LogP contribution in [0.2, 0.25) is 0 Å². The molecule has 0 amide bonds. The molecule has 2 aromatic rings. The van der Waals surface area contributed by atoms with Crippen molar-refractivity contribution in [2.75, 3.05) is 12.3 Å². The fourth-order valence-electron chi connectivity index (χ4n) is 2.73. The van der Waals surface area contributed by atoms with E-state index in [-0.39, 0.29) is 5.25 Å². The van der Waals surface area contributed by atoms with E-state index in [2.05, 4.69) is 16.4 Å². The predicted molar refractivity (Wildman–Crippen MR) is 76.8 cm³/mol. The number of sulfone groups is 1. The van der Waals surface area contributed by atoms with Crippen LogP contribution in [0.25, 0.3) is 10.9 Å². The third-order valence-corrected chi connectivity index (χ3v) is 6.10. The molecule has 0 bridgehead atoms. The summed E-state index contributed by atoms with van der Waals surface area (Å²) in [6.07, 6.45) is 3.59. The molecule has 1 fully saturated rings. The van der Waals surface area contributed by atoms with Crippen molar-refractivity contribution in [2.24, 2.45) is 0 Å². The highest BCUT2D eigenvalue weighted by Gasteiger charge is 2.30. The molecule has 3 rings (SSSR count). The second kappa shape index (κ2) is 4.98. The lowest BCUT2D eigenvalue weighted by Gasteiger charge is -2.10. The van der Waals surface area contributed by atoms with Crippen LogP contribution in [0.4, 0.5) is 0 Å². The highest BCUT2D eigenvalue weighted by atomic mass is 32.2. The van der Waals surface area contributed by atoms with Crippen LogP contribution in [0.15, 0.2) is 30.5 Å². The van der Waals surface area contributed by atoms with Crippen molar-refractivity contribution < 1.29 is 8.42 Å². The molecule has 102 valence electrons. The van der Waals surface area contributed by atoms with Gasteiger partial charge < -0.3 is 10.3 Å². The lowest BCUT2D eigenvalue weighted by molar-refractivity contribution is 0.574. The Morgan fingerprint density at radius 2 is 2.16 bits per heavy atom. The molecule has 0 saturated carbocycles. The maximum atomic E-state index is 11.7. The first kappa shape index (κ1) is 12.7. The van der Waals surface area contributed by atoms with Crippen LogP contribution < -0.4 is 5.32 Å². The number of hydrogen-bond acceptors (Lipinski definition) is 3. The molecule has 1 aromatic carbocycles. The molecule has 1 saturated heterocycles. The van der Waals surface area contributed by atoms with Crippen LogP contribution in [-0.2, 0) is 16.4 Å². The van der Waals surface area contributed by atoms with Gasteiger partial charge in [-0.15, -0.1) is 0 Å². The van der Waals surface area contributed by atoms with Gasteiger partial charge in [0.1, 0.15) is 0 Å². The van der Waals surface area contributed by atoms with E-state index in [0.717, 1.165) is 18.4 Å². The summed E-state index contributed by atoms with van der Waals surface area (Å²) in [6.45, 7) is 1.26. The van der Waals surface area contributed by atoms with E-state index in [4.69, 9.17) is 0 Å². The summed E-state index contributed by atoms with van der Waals surface area (Å²) in [4.78, 5) is 3.22. The second-order valence-corrected chi connectivity index (χ2v) is 7.52. The van der Waals surface area contributed by atoms with E-state index < -0.39 is 9.84 Å². The lowest BCUT2D eigenvalue weighted by Crippen LogP contribution is -2.30. The molecular formula is C14H18N2O2S. The van der Waals surface area contributed by atoms with Crippen molar-refractivity contribution in [1.29, 1.82) is 0 Å². The van der Waals surface area contributed by atoms with Gasteiger partial charge in [-0.3, -0.25) is 0 Å². The summed E-state index contributed by atoms with van der Waals surface area (Å²) in [6, 6.07) is 8.14. The number of H-pyrrole nitrogens is 1. The SMILES string of the molecule is O=S1(=O)CCCC1CNCc1c[nH]c2ccccc12. The molecule has 1 atom stereocenters. The van der Waals surface area contributed by atoms with Gasteiger partial charge in [0, 0.05) is 30.2 Å². The summed E-state index contributed by atoms with van der Waals surface area (Å²) < 4.78 is 23.4. The Balaban J connectivity index is 1.64. The van der Waals surface area contributed by atoms with E-state index >= 15 is 0 Å². The van der Waals surface area contributed by atoms with Gasteiger partial charge in [0.2, 0.25) is 0 Å². The molecular weight excluding hydrogens is 260 g/mol. The molecule has 1 aliphatic rings. The highest BCUT2D eigenvalue weighted by Crippen LogP contribution is 2.20. The van der Waals surface area contributed by atoms with Gasteiger partial charge in [-0.05, 0) is 24.5 Å². The number of benzene rings is 1. The number of para-hydroxylation sites is 1. The minimum absolute atomic E-state index is 0.197. The molecule has 0 spiro atoms. The molecule has 1 aromatic heterocycles. The van der Waals surface area contributed by atoms with Crippen molar-refractivity contribution >= 4 is 20.7 Å². The zero-order valence-corrected chi connectivity index (χ0v) is 11.5. The average Bonchev–Trinajstić information content (AvgIpc) is 2.94. The molecule has 19 heavy (non-hydrogen) atoms. The first-order valence-corrected chi connectivity index (χ1v) is 8.35. The minimum Gasteiger partial charge on any atom is -0.361 e. The van der Waals surface area contributed by atoms with Crippen molar-refractivity contribution in [3.63, 3.8) is 0 Å². The molecule has 2 N–H and O–H groups in total. The Morgan fingerprint density at radius 3 is 2.95 bits per heavy atom. The largest absolute Gasteiger partial charge is 0.361 e. The Morgan fingerprint density at radius 1 is 1.32 bits per heavy atom. The predicted octanol–water partition coefficient (Wildman–Crippen LogP) is 1.83.